The van der Waals surface area contributed by atoms with Gasteiger partial charge >= 0.3 is 0 Å². The van der Waals surface area contributed by atoms with Crippen LogP contribution in [0, 0.1) is 6.92 Å². The van der Waals surface area contributed by atoms with Crippen LogP contribution in [0.4, 0.5) is 11.5 Å². The zero-order valence-corrected chi connectivity index (χ0v) is 15.9. The molecule has 0 spiro atoms. The number of carbonyl (C=O) groups is 1. The standard InChI is InChI=1S/C18H18N6O2S/c1-11-21-14(8-16(22-11)27-3)17-18(20-10-13(23-17)6-7-25)24-12-4-5-15(26-2)19-9-12/h4-5,7-10H,6H2,1-3H3,(H,20,24). The SMILES string of the molecule is COc1ccc(Nc2ncc(CC=O)nc2-c2cc(SC)nc(C)n2)cn1. The van der Waals surface area contributed by atoms with E-state index in [-0.39, 0.29) is 6.42 Å². The number of aldehydes is 1. The molecule has 3 aromatic heterocycles. The zero-order valence-electron chi connectivity index (χ0n) is 15.1. The van der Waals surface area contributed by atoms with E-state index in [2.05, 4.69) is 30.2 Å². The third-order valence-corrected chi connectivity index (χ3v) is 4.22. The highest BCUT2D eigenvalue weighted by molar-refractivity contribution is 7.98. The fraction of sp³-hybridized carbons (Fsp3) is 0.222. The Morgan fingerprint density at radius 1 is 1.19 bits per heavy atom. The molecule has 0 aromatic carbocycles. The number of hydrogen-bond acceptors (Lipinski definition) is 9. The summed E-state index contributed by atoms with van der Waals surface area (Å²) in [5.74, 6) is 1.67. The Morgan fingerprint density at radius 3 is 2.70 bits per heavy atom. The van der Waals surface area contributed by atoms with Gasteiger partial charge in [-0.1, -0.05) is 0 Å². The molecular weight excluding hydrogens is 364 g/mol. The zero-order chi connectivity index (χ0) is 19.2. The first kappa shape index (κ1) is 18.7. The van der Waals surface area contributed by atoms with Gasteiger partial charge in [-0.2, -0.15) is 0 Å². The second-order valence-corrected chi connectivity index (χ2v) is 6.31. The summed E-state index contributed by atoms with van der Waals surface area (Å²) in [6.07, 6.45) is 6.14. The van der Waals surface area contributed by atoms with Gasteiger partial charge in [0.1, 0.15) is 22.8 Å². The van der Waals surface area contributed by atoms with Crippen molar-refractivity contribution < 1.29 is 9.53 Å². The van der Waals surface area contributed by atoms with E-state index in [1.165, 1.54) is 11.8 Å². The number of aromatic nitrogens is 5. The molecule has 0 aliphatic rings. The quantitative estimate of drug-likeness (QED) is 0.375. The molecule has 0 amide bonds. The first-order valence-electron chi connectivity index (χ1n) is 8.09. The van der Waals surface area contributed by atoms with Crippen LogP contribution in [0.25, 0.3) is 11.4 Å². The van der Waals surface area contributed by atoms with Crippen molar-refractivity contribution >= 4 is 29.6 Å². The van der Waals surface area contributed by atoms with Crippen LogP contribution in [0.5, 0.6) is 5.88 Å². The Balaban J connectivity index is 2.05. The van der Waals surface area contributed by atoms with Gasteiger partial charge in [0.05, 0.1) is 36.6 Å². The average molecular weight is 382 g/mol. The van der Waals surface area contributed by atoms with Crippen LogP contribution in [0.3, 0.4) is 0 Å². The molecule has 9 heteroatoms. The van der Waals surface area contributed by atoms with Gasteiger partial charge in [0.15, 0.2) is 5.82 Å². The van der Waals surface area contributed by atoms with Crippen molar-refractivity contribution in [2.45, 2.75) is 18.4 Å². The molecule has 0 fully saturated rings. The largest absolute Gasteiger partial charge is 0.481 e. The van der Waals surface area contributed by atoms with Gasteiger partial charge in [0.2, 0.25) is 5.88 Å². The molecular formula is C18H18N6O2S. The van der Waals surface area contributed by atoms with Crippen LogP contribution < -0.4 is 10.1 Å². The minimum atomic E-state index is 0.184. The maximum absolute atomic E-state index is 10.9. The monoisotopic (exact) mass is 382 g/mol. The summed E-state index contributed by atoms with van der Waals surface area (Å²) in [7, 11) is 1.56. The van der Waals surface area contributed by atoms with Crippen LogP contribution in [0.15, 0.2) is 35.6 Å². The van der Waals surface area contributed by atoms with E-state index in [0.717, 1.165) is 17.0 Å². The number of ether oxygens (including phenoxy) is 1. The molecule has 0 atom stereocenters. The van der Waals surface area contributed by atoms with Crippen molar-refractivity contribution in [2.75, 3.05) is 18.7 Å². The molecule has 0 bridgehead atoms. The number of nitrogens with one attached hydrogen (secondary N) is 1. The number of pyridine rings is 1. The first-order chi connectivity index (χ1) is 13.1. The third kappa shape index (κ3) is 4.56. The van der Waals surface area contributed by atoms with E-state index in [1.807, 2.05) is 25.3 Å². The highest BCUT2D eigenvalue weighted by Gasteiger charge is 2.14. The second kappa shape index (κ2) is 8.54. The molecule has 27 heavy (non-hydrogen) atoms. The third-order valence-electron chi connectivity index (χ3n) is 3.59. The summed E-state index contributed by atoms with van der Waals surface area (Å²) < 4.78 is 5.07. The van der Waals surface area contributed by atoms with Crippen LogP contribution >= 0.6 is 11.8 Å². The van der Waals surface area contributed by atoms with Gasteiger partial charge in [-0.25, -0.2) is 24.9 Å². The van der Waals surface area contributed by atoms with Gasteiger partial charge in [-0.05, 0) is 25.3 Å². The number of anilines is 2. The van der Waals surface area contributed by atoms with E-state index < -0.39 is 0 Å². The minimum absolute atomic E-state index is 0.184. The second-order valence-electron chi connectivity index (χ2n) is 5.49. The molecule has 0 radical (unpaired) electrons. The lowest BCUT2D eigenvalue weighted by Gasteiger charge is -2.12. The number of rotatable bonds is 7. The average Bonchev–Trinajstić information content (AvgIpc) is 2.69. The van der Waals surface area contributed by atoms with Crippen molar-refractivity contribution in [1.29, 1.82) is 0 Å². The van der Waals surface area contributed by atoms with Crippen LogP contribution in [-0.2, 0) is 11.2 Å². The van der Waals surface area contributed by atoms with Gasteiger partial charge < -0.3 is 14.8 Å². The Labute approximate surface area is 160 Å². The fourth-order valence-corrected chi connectivity index (χ4v) is 2.81. The van der Waals surface area contributed by atoms with E-state index in [9.17, 15) is 4.79 Å². The number of aryl methyl sites for hydroxylation is 1. The van der Waals surface area contributed by atoms with Gasteiger partial charge in [0.25, 0.3) is 0 Å². The van der Waals surface area contributed by atoms with Crippen molar-refractivity contribution in [3.05, 3.63) is 42.1 Å². The Morgan fingerprint density at radius 2 is 2.04 bits per heavy atom. The van der Waals surface area contributed by atoms with Gasteiger partial charge in [-0.3, -0.25) is 0 Å². The van der Waals surface area contributed by atoms with Gasteiger partial charge in [0, 0.05) is 12.5 Å². The first-order valence-corrected chi connectivity index (χ1v) is 9.32. The lowest BCUT2D eigenvalue weighted by Crippen LogP contribution is -2.05. The summed E-state index contributed by atoms with van der Waals surface area (Å²) in [5, 5.41) is 4.03. The number of hydrogen-bond donors (Lipinski definition) is 1. The number of nitrogens with zero attached hydrogens (tertiary/aromatic N) is 5. The molecule has 0 saturated carbocycles. The molecule has 0 aliphatic heterocycles. The summed E-state index contributed by atoms with van der Waals surface area (Å²) in [4.78, 5) is 32.9. The smallest absolute Gasteiger partial charge is 0.213 e. The Kier molecular flexibility index (Phi) is 5.92. The minimum Gasteiger partial charge on any atom is -0.481 e. The van der Waals surface area contributed by atoms with Crippen molar-refractivity contribution in [3.8, 4) is 17.3 Å². The molecule has 1 N–H and O–H groups in total. The molecule has 3 rings (SSSR count). The van der Waals surface area contributed by atoms with Crippen LogP contribution in [-0.4, -0.2) is 44.6 Å². The molecule has 3 heterocycles. The van der Waals surface area contributed by atoms with Crippen LogP contribution in [0.1, 0.15) is 11.5 Å². The number of methoxy groups -OCH3 is 1. The molecule has 3 aromatic rings. The van der Waals surface area contributed by atoms with E-state index >= 15 is 0 Å². The summed E-state index contributed by atoms with van der Waals surface area (Å²) in [6.45, 7) is 1.83. The molecule has 138 valence electrons. The Bertz CT molecular complexity index is 949. The highest BCUT2D eigenvalue weighted by Crippen LogP contribution is 2.28. The van der Waals surface area contributed by atoms with Crippen molar-refractivity contribution in [3.63, 3.8) is 0 Å². The topological polar surface area (TPSA) is 103 Å². The summed E-state index contributed by atoms with van der Waals surface area (Å²) in [5.41, 5.74) is 2.48. The van der Waals surface area contributed by atoms with Crippen molar-refractivity contribution in [2.24, 2.45) is 0 Å². The molecule has 0 saturated heterocycles. The lowest BCUT2D eigenvalue weighted by molar-refractivity contribution is -0.107. The van der Waals surface area contributed by atoms with E-state index in [4.69, 9.17) is 4.74 Å². The normalized spacial score (nSPS) is 10.5. The Hall–Kier alpha value is -3.07. The maximum Gasteiger partial charge on any atom is 0.213 e. The number of thioether (sulfide) groups is 1. The lowest BCUT2D eigenvalue weighted by atomic mass is 10.2. The summed E-state index contributed by atoms with van der Waals surface area (Å²) >= 11 is 1.52. The molecule has 8 nitrogen and oxygen atoms in total. The maximum atomic E-state index is 10.9. The van der Waals surface area contributed by atoms with E-state index in [0.29, 0.717) is 34.6 Å². The predicted molar refractivity (Wildman–Crippen MR) is 103 cm³/mol. The highest BCUT2D eigenvalue weighted by atomic mass is 32.2. The molecule has 0 unspecified atom stereocenters. The summed E-state index contributed by atoms with van der Waals surface area (Å²) in [6, 6.07) is 5.43. The van der Waals surface area contributed by atoms with Crippen molar-refractivity contribution in [1.82, 2.24) is 24.9 Å². The van der Waals surface area contributed by atoms with Gasteiger partial charge in [-0.15, -0.1) is 11.8 Å². The fourth-order valence-electron chi connectivity index (χ4n) is 2.36. The molecule has 0 aliphatic carbocycles. The number of carbonyl (C=O) groups excluding carboxylic acids is 1. The van der Waals surface area contributed by atoms with E-state index in [1.54, 1.807) is 25.6 Å². The predicted octanol–water partition coefficient (Wildman–Crippen LogP) is 2.85. The van der Waals surface area contributed by atoms with Crippen LogP contribution in [0.2, 0.25) is 0 Å².